The number of aromatic nitrogens is 3. The van der Waals surface area contributed by atoms with Crippen LogP contribution in [-0.4, -0.2) is 78.0 Å². The summed E-state index contributed by atoms with van der Waals surface area (Å²) in [4.78, 5) is 21.1. The maximum Gasteiger partial charge on any atom is 0.307 e. The van der Waals surface area contributed by atoms with Gasteiger partial charge in [0.2, 0.25) is 0 Å². The van der Waals surface area contributed by atoms with E-state index in [2.05, 4.69) is 32.4 Å². The van der Waals surface area contributed by atoms with E-state index in [0.29, 0.717) is 25.1 Å². The topological polar surface area (TPSA) is 144 Å². The minimum atomic E-state index is -0.657. The van der Waals surface area contributed by atoms with E-state index in [0.717, 1.165) is 59.7 Å². The van der Waals surface area contributed by atoms with Crippen molar-refractivity contribution in [3.05, 3.63) is 42.4 Å². The van der Waals surface area contributed by atoms with Crippen LogP contribution in [0.25, 0.3) is 11.0 Å². The van der Waals surface area contributed by atoms with Gasteiger partial charge in [-0.2, -0.15) is 0 Å². The third kappa shape index (κ3) is 6.60. The summed E-state index contributed by atoms with van der Waals surface area (Å²) in [6.07, 6.45) is 6.68. The summed E-state index contributed by atoms with van der Waals surface area (Å²) in [6, 6.07) is 8.15. The van der Waals surface area contributed by atoms with Crippen molar-refractivity contribution < 1.29 is 28.5 Å². The summed E-state index contributed by atoms with van der Waals surface area (Å²) in [5, 5.41) is 8.18. The van der Waals surface area contributed by atoms with E-state index in [1.807, 2.05) is 39.0 Å². The molecule has 12 heteroatoms. The van der Waals surface area contributed by atoms with Crippen molar-refractivity contribution in [1.82, 2.24) is 19.9 Å². The number of carbonyl (C=O) groups is 1. The van der Waals surface area contributed by atoms with Gasteiger partial charge in [-0.1, -0.05) is 0 Å². The number of nitrogens with zero attached hydrogens (tertiary/aromatic N) is 3. The summed E-state index contributed by atoms with van der Waals surface area (Å²) in [6.45, 7) is 7.53. The smallest absolute Gasteiger partial charge is 0.307 e. The Kier molecular flexibility index (Phi) is 9.19. The maximum atomic E-state index is 11.8. The Balaban J connectivity index is 1.12. The molecule has 3 aliphatic rings. The molecule has 2 aromatic heterocycles. The number of rotatable bonds is 13. The lowest BCUT2D eigenvalue weighted by Gasteiger charge is -2.40. The first-order valence-electron chi connectivity index (χ1n) is 16.0. The standard InChI is InChI=1S/C33H46N6O6/c1-6-43-28(40)15-25(34)20-11-22(12-20)35-17-21-13-26(30-29(21)44-33(2,3)45-30)39-10-9-24-31(37-18-38-32(24)39)36-16-19-7-8-23(41-4)14-27(19)42-5/h7-10,14,18,20-22,25-26,29-30,35H,6,11-13,15-17,34H2,1-5H3,(H,36,37,38)/t20?,21-,22?,25?,26-,29-,30+/m1/s1. The van der Waals surface area contributed by atoms with E-state index < -0.39 is 5.79 Å². The van der Waals surface area contributed by atoms with Gasteiger partial charge in [0.05, 0.1) is 44.8 Å². The van der Waals surface area contributed by atoms with Crippen molar-refractivity contribution in [1.29, 1.82) is 0 Å². The van der Waals surface area contributed by atoms with Gasteiger partial charge in [0.1, 0.15) is 35.4 Å². The molecule has 2 saturated carbocycles. The Morgan fingerprint density at radius 1 is 1.13 bits per heavy atom. The van der Waals surface area contributed by atoms with Gasteiger partial charge in [0.25, 0.3) is 0 Å². The first kappa shape index (κ1) is 31.5. The predicted octanol–water partition coefficient (Wildman–Crippen LogP) is 3.79. The van der Waals surface area contributed by atoms with Crippen LogP contribution in [0.3, 0.4) is 0 Å². The number of hydrogen-bond donors (Lipinski definition) is 3. The van der Waals surface area contributed by atoms with Crippen LogP contribution in [0, 0.1) is 11.8 Å². The number of fused-ring (bicyclic) bond motifs is 2. The van der Waals surface area contributed by atoms with Crippen molar-refractivity contribution in [2.75, 3.05) is 32.7 Å². The first-order chi connectivity index (χ1) is 21.7. The average Bonchev–Trinajstić information content (AvgIpc) is 3.66. The molecular weight excluding hydrogens is 576 g/mol. The molecular formula is C33H46N6O6. The minimum absolute atomic E-state index is 0.0288. The maximum absolute atomic E-state index is 11.8. The number of ether oxygens (including phenoxy) is 5. The summed E-state index contributed by atoms with van der Waals surface area (Å²) < 4.78 is 31.2. The zero-order valence-corrected chi connectivity index (χ0v) is 26.8. The fourth-order valence-corrected chi connectivity index (χ4v) is 7.16. The van der Waals surface area contributed by atoms with Gasteiger partial charge in [-0.05, 0) is 64.2 Å². The second kappa shape index (κ2) is 13.1. The highest BCUT2D eigenvalue weighted by Gasteiger charge is 2.54. The molecule has 3 heterocycles. The van der Waals surface area contributed by atoms with Crippen LogP contribution in [0.5, 0.6) is 11.5 Å². The molecule has 12 nitrogen and oxygen atoms in total. The van der Waals surface area contributed by atoms with E-state index >= 15 is 0 Å². The molecule has 0 spiro atoms. The number of esters is 1. The van der Waals surface area contributed by atoms with Crippen molar-refractivity contribution in [3.63, 3.8) is 0 Å². The van der Waals surface area contributed by atoms with Crippen molar-refractivity contribution >= 4 is 22.8 Å². The number of hydrogen-bond acceptors (Lipinski definition) is 11. The molecule has 244 valence electrons. The summed E-state index contributed by atoms with van der Waals surface area (Å²) in [5.41, 5.74) is 8.15. The minimum Gasteiger partial charge on any atom is -0.497 e. The Bertz CT molecular complexity index is 1490. The molecule has 0 bridgehead atoms. The lowest BCUT2D eigenvalue weighted by Crippen LogP contribution is -2.50. The Hall–Kier alpha value is -3.45. The van der Waals surface area contributed by atoms with Crippen LogP contribution in [0.1, 0.15) is 58.1 Å². The molecule has 4 N–H and O–H groups in total. The molecule has 45 heavy (non-hydrogen) atoms. The normalized spacial score (nSPS) is 27.5. The molecule has 1 aromatic carbocycles. The van der Waals surface area contributed by atoms with Crippen molar-refractivity contribution in [3.8, 4) is 11.5 Å². The third-order valence-corrected chi connectivity index (χ3v) is 9.52. The van der Waals surface area contributed by atoms with E-state index in [1.54, 1.807) is 20.5 Å². The molecule has 2 aliphatic carbocycles. The van der Waals surface area contributed by atoms with Gasteiger partial charge in [-0.15, -0.1) is 0 Å². The van der Waals surface area contributed by atoms with Gasteiger partial charge in [-0.3, -0.25) is 4.79 Å². The lowest BCUT2D eigenvalue weighted by atomic mass is 9.74. The molecule has 1 unspecified atom stereocenters. The predicted molar refractivity (Wildman–Crippen MR) is 169 cm³/mol. The molecule has 0 amide bonds. The first-order valence-corrected chi connectivity index (χ1v) is 16.0. The number of anilines is 1. The zero-order chi connectivity index (χ0) is 31.7. The number of methoxy groups -OCH3 is 2. The number of carbonyl (C=O) groups excluding carboxylic acids is 1. The largest absolute Gasteiger partial charge is 0.497 e. The van der Waals surface area contributed by atoms with Crippen LogP contribution in [0.2, 0.25) is 0 Å². The van der Waals surface area contributed by atoms with Gasteiger partial charge in [-0.25, -0.2) is 9.97 Å². The van der Waals surface area contributed by atoms with Crippen molar-refractivity contribution in [2.24, 2.45) is 17.6 Å². The fourth-order valence-electron chi connectivity index (χ4n) is 7.16. The third-order valence-electron chi connectivity index (χ3n) is 9.52. The fraction of sp³-hybridized carbons (Fsp3) is 0.606. The number of benzene rings is 1. The molecule has 6 rings (SSSR count). The lowest BCUT2D eigenvalue weighted by molar-refractivity contribution is -0.160. The van der Waals surface area contributed by atoms with Crippen LogP contribution >= 0.6 is 0 Å². The monoisotopic (exact) mass is 622 g/mol. The molecule has 5 atom stereocenters. The van der Waals surface area contributed by atoms with Gasteiger partial charge >= 0.3 is 5.97 Å². The number of nitrogens with one attached hydrogen (secondary N) is 2. The molecule has 3 fully saturated rings. The molecule has 3 aromatic rings. The van der Waals surface area contributed by atoms with Crippen LogP contribution < -0.4 is 25.8 Å². The van der Waals surface area contributed by atoms with E-state index in [-0.39, 0.29) is 42.6 Å². The quantitative estimate of drug-likeness (QED) is 0.240. The van der Waals surface area contributed by atoms with Gasteiger partial charge in [0, 0.05) is 48.9 Å². The van der Waals surface area contributed by atoms with Crippen LogP contribution in [0.15, 0.2) is 36.8 Å². The van der Waals surface area contributed by atoms with Crippen LogP contribution in [0.4, 0.5) is 5.82 Å². The highest BCUT2D eigenvalue weighted by molar-refractivity contribution is 5.87. The average molecular weight is 623 g/mol. The SMILES string of the molecule is CCOC(=O)CC(N)C1CC(NC[C@H]2C[C@@H](n3ccc4c(NCc5ccc(OC)cc5OC)ncnc43)[C@@H]3OC(C)(C)O[C@H]23)C1. The van der Waals surface area contributed by atoms with Crippen molar-refractivity contribution in [2.45, 2.75) is 89.1 Å². The van der Waals surface area contributed by atoms with Crippen LogP contribution in [-0.2, 0) is 25.5 Å². The Morgan fingerprint density at radius 3 is 2.69 bits per heavy atom. The second-order valence-electron chi connectivity index (χ2n) is 12.9. The summed E-state index contributed by atoms with van der Waals surface area (Å²) in [7, 11) is 3.29. The summed E-state index contributed by atoms with van der Waals surface area (Å²) >= 11 is 0. The van der Waals surface area contributed by atoms with E-state index in [4.69, 9.17) is 34.4 Å². The molecule has 0 radical (unpaired) electrons. The van der Waals surface area contributed by atoms with E-state index in [1.165, 1.54) is 0 Å². The Morgan fingerprint density at radius 2 is 1.93 bits per heavy atom. The molecule has 1 aliphatic heterocycles. The van der Waals surface area contributed by atoms with Gasteiger partial charge < -0.3 is 44.6 Å². The Labute approximate surface area is 264 Å². The summed E-state index contributed by atoms with van der Waals surface area (Å²) in [5.74, 6) is 1.99. The molecule has 1 saturated heterocycles. The van der Waals surface area contributed by atoms with Gasteiger partial charge in [0.15, 0.2) is 5.79 Å². The highest BCUT2D eigenvalue weighted by atomic mass is 16.8. The van der Waals surface area contributed by atoms with E-state index in [9.17, 15) is 4.79 Å². The second-order valence-corrected chi connectivity index (χ2v) is 12.9. The zero-order valence-electron chi connectivity index (χ0n) is 26.8. The highest BCUT2D eigenvalue weighted by Crippen LogP contribution is 2.48. The number of nitrogens with two attached hydrogens (primary N) is 1.